The SMILES string of the molecule is CCCOc1ccc(C(O)CN(CC)CCO)cc1. The van der Waals surface area contributed by atoms with Gasteiger partial charge in [-0.1, -0.05) is 26.0 Å². The van der Waals surface area contributed by atoms with Crippen LogP contribution in [0.2, 0.25) is 0 Å². The van der Waals surface area contributed by atoms with Crippen molar-refractivity contribution in [2.45, 2.75) is 26.4 Å². The molecule has 1 aromatic rings. The predicted molar refractivity (Wildman–Crippen MR) is 76.4 cm³/mol. The van der Waals surface area contributed by atoms with Crippen molar-refractivity contribution in [3.05, 3.63) is 29.8 Å². The highest BCUT2D eigenvalue weighted by Crippen LogP contribution is 2.18. The van der Waals surface area contributed by atoms with E-state index in [1.54, 1.807) is 0 Å². The van der Waals surface area contributed by atoms with Gasteiger partial charge in [0.2, 0.25) is 0 Å². The second kappa shape index (κ2) is 8.91. The van der Waals surface area contributed by atoms with Gasteiger partial charge in [0.05, 0.1) is 19.3 Å². The summed E-state index contributed by atoms with van der Waals surface area (Å²) in [7, 11) is 0. The Bertz CT molecular complexity index is 340. The summed E-state index contributed by atoms with van der Waals surface area (Å²) >= 11 is 0. The lowest BCUT2D eigenvalue weighted by Crippen LogP contribution is -2.31. The van der Waals surface area contributed by atoms with Crippen LogP contribution in [0.3, 0.4) is 0 Å². The molecular weight excluding hydrogens is 242 g/mol. The smallest absolute Gasteiger partial charge is 0.119 e. The fourth-order valence-electron chi connectivity index (χ4n) is 1.88. The third kappa shape index (κ3) is 5.59. The predicted octanol–water partition coefficient (Wildman–Crippen LogP) is 1.82. The van der Waals surface area contributed by atoms with Crippen molar-refractivity contribution < 1.29 is 14.9 Å². The van der Waals surface area contributed by atoms with Gasteiger partial charge >= 0.3 is 0 Å². The van der Waals surface area contributed by atoms with E-state index in [2.05, 4.69) is 6.92 Å². The van der Waals surface area contributed by atoms with Crippen molar-refractivity contribution in [3.8, 4) is 5.75 Å². The minimum atomic E-state index is -0.535. The average Bonchev–Trinajstić information content (AvgIpc) is 2.45. The van der Waals surface area contributed by atoms with Crippen molar-refractivity contribution in [2.24, 2.45) is 0 Å². The van der Waals surface area contributed by atoms with Crippen LogP contribution in [0, 0.1) is 0 Å². The Morgan fingerprint density at radius 3 is 2.42 bits per heavy atom. The molecular formula is C15H25NO3. The lowest BCUT2D eigenvalue weighted by atomic mass is 10.1. The standard InChI is InChI=1S/C15H25NO3/c1-3-11-19-14-7-5-13(6-8-14)15(18)12-16(4-2)9-10-17/h5-8,15,17-18H,3-4,9-12H2,1-2H3. The van der Waals surface area contributed by atoms with Crippen LogP contribution in [0.4, 0.5) is 0 Å². The molecule has 1 unspecified atom stereocenters. The Hall–Kier alpha value is -1.10. The molecule has 0 aromatic heterocycles. The van der Waals surface area contributed by atoms with Gasteiger partial charge in [0.1, 0.15) is 5.75 Å². The van der Waals surface area contributed by atoms with E-state index in [4.69, 9.17) is 9.84 Å². The van der Waals surface area contributed by atoms with Crippen molar-refractivity contribution in [3.63, 3.8) is 0 Å². The van der Waals surface area contributed by atoms with Crippen molar-refractivity contribution in [1.82, 2.24) is 4.90 Å². The Kier molecular flexibility index (Phi) is 7.48. The highest BCUT2D eigenvalue weighted by Gasteiger charge is 2.12. The van der Waals surface area contributed by atoms with Gasteiger partial charge in [0, 0.05) is 13.1 Å². The topological polar surface area (TPSA) is 52.9 Å². The summed E-state index contributed by atoms with van der Waals surface area (Å²) in [6, 6.07) is 7.55. The lowest BCUT2D eigenvalue weighted by molar-refractivity contribution is 0.103. The van der Waals surface area contributed by atoms with Crippen LogP contribution in [0.1, 0.15) is 31.9 Å². The summed E-state index contributed by atoms with van der Waals surface area (Å²) in [4.78, 5) is 2.02. The van der Waals surface area contributed by atoms with E-state index in [9.17, 15) is 5.11 Å². The lowest BCUT2D eigenvalue weighted by Gasteiger charge is -2.22. The van der Waals surface area contributed by atoms with E-state index in [1.807, 2.05) is 36.1 Å². The average molecular weight is 267 g/mol. The van der Waals surface area contributed by atoms with E-state index in [-0.39, 0.29) is 6.61 Å². The fraction of sp³-hybridized carbons (Fsp3) is 0.600. The minimum absolute atomic E-state index is 0.115. The number of rotatable bonds is 9. The first-order chi connectivity index (χ1) is 9.21. The third-order valence-corrected chi connectivity index (χ3v) is 3.03. The molecule has 2 N–H and O–H groups in total. The number of benzene rings is 1. The van der Waals surface area contributed by atoms with Gasteiger partial charge in [-0.3, -0.25) is 4.90 Å². The molecule has 0 saturated heterocycles. The van der Waals surface area contributed by atoms with Gasteiger partial charge in [-0.25, -0.2) is 0 Å². The minimum Gasteiger partial charge on any atom is -0.494 e. The maximum atomic E-state index is 10.2. The van der Waals surface area contributed by atoms with Crippen LogP contribution >= 0.6 is 0 Å². The summed E-state index contributed by atoms with van der Waals surface area (Å²) in [5, 5.41) is 19.1. The maximum absolute atomic E-state index is 10.2. The fourth-order valence-corrected chi connectivity index (χ4v) is 1.88. The number of aliphatic hydroxyl groups is 2. The van der Waals surface area contributed by atoms with Crippen LogP contribution in [-0.2, 0) is 0 Å². The first kappa shape index (κ1) is 16.0. The zero-order valence-corrected chi connectivity index (χ0v) is 11.9. The first-order valence-electron chi connectivity index (χ1n) is 6.95. The molecule has 0 bridgehead atoms. The summed E-state index contributed by atoms with van der Waals surface area (Å²) < 4.78 is 5.51. The molecule has 0 heterocycles. The number of nitrogens with zero attached hydrogens (tertiary/aromatic N) is 1. The Balaban J connectivity index is 2.54. The van der Waals surface area contributed by atoms with Crippen LogP contribution in [0.5, 0.6) is 5.75 Å². The van der Waals surface area contributed by atoms with Gasteiger partial charge in [0.15, 0.2) is 0 Å². The molecule has 0 spiro atoms. The van der Waals surface area contributed by atoms with Crippen molar-refractivity contribution in [1.29, 1.82) is 0 Å². The molecule has 0 saturated carbocycles. The largest absolute Gasteiger partial charge is 0.494 e. The van der Waals surface area contributed by atoms with E-state index in [0.717, 1.165) is 24.3 Å². The summed E-state index contributed by atoms with van der Waals surface area (Å²) in [5.41, 5.74) is 0.875. The van der Waals surface area contributed by atoms with Gasteiger partial charge in [-0.05, 0) is 30.7 Å². The molecule has 0 radical (unpaired) electrons. The molecule has 1 rings (SSSR count). The molecule has 0 amide bonds. The van der Waals surface area contributed by atoms with E-state index < -0.39 is 6.10 Å². The Labute approximate surface area is 115 Å². The summed E-state index contributed by atoms with van der Waals surface area (Å²) in [5.74, 6) is 0.834. The van der Waals surface area contributed by atoms with E-state index >= 15 is 0 Å². The van der Waals surface area contributed by atoms with E-state index in [0.29, 0.717) is 19.7 Å². The first-order valence-corrected chi connectivity index (χ1v) is 6.95. The molecule has 19 heavy (non-hydrogen) atoms. The van der Waals surface area contributed by atoms with Crippen LogP contribution < -0.4 is 4.74 Å². The summed E-state index contributed by atoms with van der Waals surface area (Å²) in [6.07, 6.45) is 0.448. The molecule has 108 valence electrons. The van der Waals surface area contributed by atoms with Crippen molar-refractivity contribution in [2.75, 3.05) is 32.8 Å². The maximum Gasteiger partial charge on any atom is 0.119 e. The van der Waals surface area contributed by atoms with Crippen LogP contribution in [0.25, 0.3) is 0 Å². The molecule has 4 heteroatoms. The van der Waals surface area contributed by atoms with Gasteiger partial charge in [0.25, 0.3) is 0 Å². The zero-order chi connectivity index (χ0) is 14.1. The highest BCUT2D eigenvalue weighted by atomic mass is 16.5. The highest BCUT2D eigenvalue weighted by molar-refractivity contribution is 5.28. The van der Waals surface area contributed by atoms with Crippen LogP contribution in [-0.4, -0.2) is 48.0 Å². The second-order valence-corrected chi connectivity index (χ2v) is 4.55. The zero-order valence-electron chi connectivity index (χ0n) is 11.9. The van der Waals surface area contributed by atoms with Gasteiger partial charge in [-0.15, -0.1) is 0 Å². The monoisotopic (exact) mass is 267 g/mol. The summed E-state index contributed by atoms with van der Waals surface area (Å²) in [6.45, 7) is 6.85. The van der Waals surface area contributed by atoms with E-state index in [1.165, 1.54) is 0 Å². The quantitative estimate of drug-likeness (QED) is 0.716. The number of aliphatic hydroxyl groups excluding tert-OH is 2. The number of ether oxygens (including phenoxy) is 1. The normalized spacial score (nSPS) is 12.7. The molecule has 0 aliphatic carbocycles. The van der Waals surface area contributed by atoms with Crippen molar-refractivity contribution >= 4 is 0 Å². The molecule has 0 fully saturated rings. The Morgan fingerprint density at radius 2 is 1.89 bits per heavy atom. The Morgan fingerprint density at radius 1 is 1.21 bits per heavy atom. The molecule has 4 nitrogen and oxygen atoms in total. The molecule has 1 atom stereocenters. The second-order valence-electron chi connectivity index (χ2n) is 4.55. The van der Waals surface area contributed by atoms with Gasteiger partial charge in [-0.2, -0.15) is 0 Å². The molecule has 1 aromatic carbocycles. The van der Waals surface area contributed by atoms with Crippen LogP contribution in [0.15, 0.2) is 24.3 Å². The number of hydrogen-bond donors (Lipinski definition) is 2. The number of hydrogen-bond acceptors (Lipinski definition) is 4. The van der Waals surface area contributed by atoms with Gasteiger partial charge < -0.3 is 14.9 Å². The molecule has 0 aliphatic rings. The third-order valence-electron chi connectivity index (χ3n) is 3.03. The molecule has 0 aliphatic heterocycles. The number of likely N-dealkylation sites (N-methyl/N-ethyl adjacent to an activating group) is 1.